The first kappa shape index (κ1) is 22.3. The molecule has 3 heteroatoms. The van der Waals surface area contributed by atoms with Gasteiger partial charge >= 0.3 is 0 Å². The van der Waals surface area contributed by atoms with E-state index in [0.717, 1.165) is 11.6 Å². The second-order valence-corrected chi connectivity index (χ2v) is 11.3. The van der Waals surface area contributed by atoms with Crippen molar-refractivity contribution >= 4 is 16.5 Å². The highest BCUT2D eigenvalue weighted by molar-refractivity contribution is 5.89. The fourth-order valence-corrected chi connectivity index (χ4v) is 5.80. The molecule has 2 aromatic rings. The average Bonchev–Trinajstić information content (AvgIpc) is 3.12. The van der Waals surface area contributed by atoms with Gasteiger partial charge in [-0.3, -0.25) is 10.00 Å². The Hall–Kier alpha value is -1.87. The van der Waals surface area contributed by atoms with Gasteiger partial charge in [0.25, 0.3) is 0 Å². The normalized spacial score (nSPS) is 24.5. The summed E-state index contributed by atoms with van der Waals surface area (Å²) >= 11 is 0. The van der Waals surface area contributed by atoms with E-state index in [0.29, 0.717) is 17.3 Å². The SMILES string of the molecule is C/C=C(\C=C(C)C)c1cc2n[nH]c(C3CCC(N4CC(C)(C)C4)CC3)c2cc1C(C)C. The summed E-state index contributed by atoms with van der Waals surface area (Å²) in [5, 5.41) is 9.57. The van der Waals surface area contributed by atoms with E-state index in [-0.39, 0.29) is 0 Å². The number of aromatic nitrogens is 2. The van der Waals surface area contributed by atoms with Gasteiger partial charge in [-0.05, 0) is 86.6 Å². The Labute approximate surface area is 189 Å². The molecule has 1 aromatic heterocycles. The fraction of sp³-hybridized carbons (Fsp3) is 0.607. The van der Waals surface area contributed by atoms with Gasteiger partial charge in [-0.1, -0.05) is 45.4 Å². The summed E-state index contributed by atoms with van der Waals surface area (Å²) in [4.78, 5) is 2.71. The lowest BCUT2D eigenvalue weighted by molar-refractivity contribution is -0.0193. The number of H-pyrrole nitrogens is 1. The van der Waals surface area contributed by atoms with Crippen LogP contribution >= 0.6 is 0 Å². The summed E-state index contributed by atoms with van der Waals surface area (Å²) in [6, 6.07) is 5.53. The van der Waals surface area contributed by atoms with Crippen LogP contribution in [0, 0.1) is 5.41 Å². The molecule has 1 aliphatic heterocycles. The maximum atomic E-state index is 4.77. The third-order valence-corrected chi connectivity index (χ3v) is 7.33. The quantitative estimate of drug-likeness (QED) is 0.511. The first-order chi connectivity index (χ1) is 14.7. The summed E-state index contributed by atoms with van der Waals surface area (Å²) < 4.78 is 0. The van der Waals surface area contributed by atoms with E-state index < -0.39 is 0 Å². The molecular weight excluding hydrogens is 378 g/mol. The number of allylic oxidation sites excluding steroid dienone is 4. The van der Waals surface area contributed by atoms with Crippen LogP contribution in [0.5, 0.6) is 0 Å². The summed E-state index contributed by atoms with van der Waals surface area (Å²) in [6.45, 7) is 18.4. The van der Waals surface area contributed by atoms with E-state index in [1.165, 1.54) is 72.1 Å². The van der Waals surface area contributed by atoms with Gasteiger partial charge < -0.3 is 0 Å². The van der Waals surface area contributed by atoms with Gasteiger partial charge in [-0.15, -0.1) is 0 Å². The molecule has 0 atom stereocenters. The molecule has 0 amide bonds. The van der Waals surface area contributed by atoms with Gasteiger partial charge in [-0.2, -0.15) is 5.10 Å². The number of hydrogen-bond donors (Lipinski definition) is 1. The molecule has 1 saturated carbocycles. The number of rotatable bonds is 5. The van der Waals surface area contributed by atoms with Crippen LogP contribution in [0.3, 0.4) is 0 Å². The molecule has 1 aliphatic carbocycles. The van der Waals surface area contributed by atoms with Crippen molar-refractivity contribution in [2.24, 2.45) is 5.41 Å². The topological polar surface area (TPSA) is 31.9 Å². The van der Waals surface area contributed by atoms with Crippen molar-refractivity contribution in [1.29, 1.82) is 0 Å². The molecule has 4 rings (SSSR count). The zero-order valence-electron chi connectivity index (χ0n) is 20.7. The van der Waals surface area contributed by atoms with Gasteiger partial charge in [-0.25, -0.2) is 0 Å². The molecule has 31 heavy (non-hydrogen) atoms. The minimum Gasteiger partial charge on any atom is -0.299 e. The zero-order chi connectivity index (χ0) is 22.3. The highest BCUT2D eigenvalue weighted by atomic mass is 15.2. The minimum atomic E-state index is 0.480. The van der Waals surface area contributed by atoms with Crippen LogP contribution in [0.15, 0.2) is 29.9 Å². The molecular formula is C28H41N3. The van der Waals surface area contributed by atoms with Crippen molar-refractivity contribution in [1.82, 2.24) is 15.1 Å². The maximum absolute atomic E-state index is 4.77. The molecule has 2 heterocycles. The largest absolute Gasteiger partial charge is 0.299 e. The minimum absolute atomic E-state index is 0.480. The predicted octanol–water partition coefficient (Wildman–Crippen LogP) is 7.42. The molecule has 1 N–H and O–H groups in total. The lowest BCUT2D eigenvalue weighted by Crippen LogP contribution is -2.57. The van der Waals surface area contributed by atoms with Crippen molar-refractivity contribution in [3.05, 3.63) is 46.7 Å². The highest BCUT2D eigenvalue weighted by Crippen LogP contribution is 2.41. The number of hydrogen-bond acceptors (Lipinski definition) is 2. The Bertz CT molecular complexity index is 985. The van der Waals surface area contributed by atoms with Gasteiger partial charge in [0, 0.05) is 36.1 Å². The van der Waals surface area contributed by atoms with Crippen LogP contribution in [-0.2, 0) is 0 Å². The Morgan fingerprint density at radius 1 is 1.13 bits per heavy atom. The summed E-state index contributed by atoms with van der Waals surface area (Å²) in [6.07, 6.45) is 9.70. The van der Waals surface area contributed by atoms with Crippen LogP contribution in [0.25, 0.3) is 16.5 Å². The molecule has 0 unspecified atom stereocenters. The second kappa shape index (κ2) is 8.58. The van der Waals surface area contributed by atoms with Crippen molar-refractivity contribution in [3.8, 4) is 0 Å². The lowest BCUT2D eigenvalue weighted by Gasteiger charge is -2.51. The van der Waals surface area contributed by atoms with E-state index in [4.69, 9.17) is 5.10 Å². The molecule has 1 saturated heterocycles. The monoisotopic (exact) mass is 419 g/mol. The number of aromatic amines is 1. The Morgan fingerprint density at radius 2 is 1.81 bits per heavy atom. The van der Waals surface area contributed by atoms with Gasteiger partial charge in [0.05, 0.1) is 5.52 Å². The standard InChI is InChI=1S/C28H41N3/c1-8-20(13-18(2)3)24-15-26-25(14-23(24)19(4)5)27(30-29-26)21-9-11-22(12-10-21)31-16-28(6,7)17-31/h8,13-15,19,21-22H,9-12,16-17H2,1-7H3,(H,29,30)/b20-8+. The van der Waals surface area contributed by atoms with E-state index in [1.807, 2.05) is 0 Å². The molecule has 168 valence electrons. The maximum Gasteiger partial charge on any atom is 0.0930 e. The molecule has 1 aromatic carbocycles. The number of benzene rings is 1. The summed E-state index contributed by atoms with van der Waals surface area (Å²) in [7, 11) is 0. The first-order valence-electron chi connectivity index (χ1n) is 12.3. The van der Waals surface area contributed by atoms with E-state index >= 15 is 0 Å². The molecule has 0 radical (unpaired) electrons. The van der Waals surface area contributed by atoms with Crippen LogP contribution in [0.2, 0.25) is 0 Å². The van der Waals surface area contributed by atoms with E-state index in [1.54, 1.807) is 0 Å². The van der Waals surface area contributed by atoms with Gasteiger partial charge in [0.2, 0.25) is 0 Å². The third kappa shape index (κ3) is 4.53. The Morgan fingerprint density at radius 3 is 2.35 bits per heavy atom. The number of likely N-dealkylation sites (tertiary alicyclic amines) is 1. The Balaban J connectivity index is 1.59. The van der Waals surface area contributed by atoms with Crippen LogP contribution in [0.1, 0.15) is 103 Å². The third-order valence-electron chi connectivity index (χ3n) is 7.33. The van der Waals surface area contributed by atoms with Crippen LogP contribution in [-0.4, -0.2) is 34.2 Å². The van der Waals surface area contributed by atoms with Crippen molar-refractivity contribution < 1.29 is 0 Å². The van der Waals surface area contributed by atoms with Crippen molar-refractivity contribution in [3.63, 3.8) is 0 Å². The second-order valence-electron chi connectivity index (χ2n) is 11.3. The van der Waals surface area contributed by atoms with E-state index in [2.05, 4.69) is 82.7 Å². The molecule has 0 spiro atoms. The lowest BCUT2D eigenvalue weighted by atomic mass is 9.77. The highest BCUT2D eigenvalue weighted by Gasteiger charge is 2.39. The zero-order valence-corrected chi connectivity index (χ0v) is 20.7. The number of fused-ring (bicyclic) bond motifs is 1. The predicted molar refractivity (Wildman–Crippen MR) is 134 cm³/mol. The van der Waals surface area contributed by atoms with Crippen molar-refractivity contribution in [2.75, 3.05) is 13.1 Å². The Kier molecular flexibility index (Phi) is 6.18. The number of nitrogens with one attached hydrogen (secondary N) is 1. The van der Waals surface area contributed by atoms with Crippen LogP contribution in [0.4, 0.5) is 0 Å². The van der Waals surface area contributed by atoms with E-state index in [9.17, 15) is 0 Å². The molecule has 3 nitrogen and oxygen atoms in total. The molecule has 2 fully saturated rings. The molecule has 2 aliphatic rings. The van der Waals surface area contributed by atoms with Crippen molar-refractivity contribution in [2.45, 2.75) is 92.0 Å². The average molecular weight is 420 g/mol. The smallest absolute Gasteiger partial charge is 0.0930 e. The van der Waals surface area contributed by atoms with Gasteiger partial charge in [0.1, 0.15) is 0 Å². The van der Waals surface area contributed by atoms with Gasteiger partial charge in [0.15, 0.2) is 0 Å². The summed E-state index contributed by atoms with van der Waals surface area (Å²) in [5.41, 5.74) is 8.39. The number of nitrogens with zero attached hydrogens (tertiary/aromatic N) is 2. The first-order valence-corrected chi connectivity index (χ1v) is 12.3. The molecule has 0 bridgehead atoms. The fourth-order valence-electron chi connectivity index (χ4n) is 5.80. The summed E-state index contributed by atoms with van der Waals surface area (Å²) in [5.74, 6) is 1.09. The van der Waals surface area contributed by atoms with Crippen LogP contribution < -0.4 is 0 Å².